The topological polar surface area (TPSA) is 13.1 Å². The molecule has 2 heterocycles. The average molecular weight is 728 g/mol. The number of nitrogens with zero attached hydrogens (tertiary/aromatic N) is 3. The summed E-state index contributed by atoms with van der Waals surface area (Å²) in [6, 6.07) is 81.0. The maximum atomic E-state index is 2.41. The van der Waals surface area contributed by atoms with Crippen LogP contribution in [0.3, 0.4) is 0 Å². The summed E-state index contributed by atoms with van der Waals surface area (Å²) in [7, 11) is 0. The molecule has 0 N–H and O–H groups in total. The Kier molecular flexibility index (Phi) is 7.82. The summed E-state index contributed by atoms with van der Waals surface area (Å²) in [5.74, 6) is 0. The Balaban J connectivity index is 1.01. The zero-order valence-electron chi connectivity index (χ0n) is 31.2. The van der Waals surface area contributed by atoms with Crippen molar-refractivity contribution in [2.45, 2.75) is 0 Å². The molecule has 0 aliphatic carbocycles. The molecule has 3 heteroatoms. The fraction of sp³-hybridized carbons (Fsp3) is 0. The first-order valence-corrected chi connectivity index (χ1v) is 19.5. The Bertz CT molecular complexity index is 3160. The van der Waals surface area contributed by atoms with Crippen molar-refractivity contribution >= 4 is 60.7 Å². The standard InChI is InChI=1S/C54H37N3/c1-3-14-38(15-4-1)39-26-30-43(31-27-39)55(42-17-5-2-6-18-42)46-34-35-50-49-22-9-10-23-51(49)56(54(50)37-46)44-32-28-40(29-33-44)41-16-13-19-45(36-41)57-52-24-11-7-20-47(52)48-21-8-12-25-53(48)57/h1-37H. The van der Waals surface area contributed by atoms with Crippen molar-refractivity contribution in [3.05, 3.63) is 224 Å². The molecule has 0 unspecified atom stereocenters. The summed E-state index contributed by atoms with van der Waals surface area (Å²) in [4.78, 5) is 2.35. The lowest BCUT2D eigenvalue weighted by Crippen LogP contribution is -2.10. The minimum absolute atomic E-state index is 1.10. The van der Waals surface area contributed by atoms with E-state index in [1.54, 1.807) is 0 Å². The fourth-order valence-electron chi connectivity index (χ4n) is 8.66. The molecule has 0 fully saturated rings. The van der Waals surface area contributed by atoms with Gasteiger partial charge in [0.05, 0.1) is 22.1 Å². The van der Waals surface area contributed by atoms with Gasteiger partial charge in [0.15, 0.2) is 0 Å². The molecule has 268 valence electrons. The quantitative estimate of drug-likeness (QED) is 0.159. The highest BCUT2D eigenvalue weighted by Gasteiger charge is 2.18. The van der Waals surface area contributed by atoms with Gasteiger partial charge in [0.1, 0.15) is 0 Å². The number of fused-ring (bicyclic) bond motifs is 6. The number of para-hydroxylation sites is 4. The smallest absolute Gasteiger partial charge is 0.0561 e. The predicted octanol–water partition coefficient (Wildman–Crippen LogP) is 14.7. The number of rotatable bonds is 7. The van der Waals surface area contributed by atoms with Gasteiger partial charge in [0.25, 0.3) is 0 Å². The van der Waals surface area contributed by atoms with Gasteiger partial charge in [-0.15, -0.1) is 0 Å². The van der Waals surface area contributed by atoms with Crippen molar-refractivity contribution in [3.63, 3.8) is 0 Å². The lowest BCUT2D eigenvalue weighted by atomic mass is 10.0. The molecule has 0 spiro atoms. The molecule has 0 amide bonds. The molecule has 0 aliphatic heterocycles. The fourth-order valence-corrected chi connectivity index (χ4v) is 8.66. The van der Waals surface area contributed by atoms with Gasteiger partial charge in [-0.25, -0.2) is 0 Å². The molecular weight excluding hydrogens is 691 g/mol. The van der Waals surface area contributed by atoms with Crippen LogP contribution in [0.2, 0.25) is 0 Å². The molecule has 2 aromatic heterocycles. The Hall–Kier alpha value is -7.62. The zero-order chi connectivity index (χ0) is 37.7. The van der Waals surface area contributed by atoms with E-state index < -0.39 is 0 Å². The molecule has 11 rings (SSSR count). The van der Waals surface area contributed by atoms with Crippen molar-refractivity contribution in [2.75, 3.05) is 4.90 Å². The van der Waals surface area contributed by atoms with E-state index in [4.69, 9.17) is 0 Å². The number of aromatic nitrogens is 2. The highest BCUT2D eigenvalue weighted by molar-refractivity contribution is 6.11. The Morgan fingerprint density at radius 1 is 0.246 bits per heavy atom. The van der Waals surface area contributed by atoms with E-state index in [0.29, 0.717) is 0 Å². The minimum Gasteiger partial charge on any atom is -0.310 e. The molecule has 3 nitrogen and oxygen atoms in total. The minimum atomic E-state index is 1.10. The number of benzene rings is 9. The third-order valence-corrected chi connectivity index (χ3v) is 11.3. The molecule has 0 bridgehead atoms. The highest BCUT2D eigenvalue weighted by atomic mass is 15.1. The van der Waals surface area contributed by atoms with E-state index in [9.17, 15) is 0 Å². The van der Waals surface area contributed by atoms with Crippen LogP contribution < -0.4 is 4.90 Å². The third-order valence-electron chi connectivity index (χ3n) is 11.3. The van der Waals surface area contributed by atoms with Crippen molar-refractivity contribution in [1.29, 1.82) is 0 Å². The lowest BCUT2D eigenvalue weighted by molar-refractivity contribution is 1.17. The monoisotopic (exact) mass is 727 g/mol. The van der Waals surface area contributed by atoms with Crippen molar-refractivity contribution < 1.29 is 0 Å². The molecule has 0 saturated carbocycles. The third kappa shape index (κ3) is 5.60. The van der Waals surface area contributed by atoms with Crippen LogP contribution in [0.1, 0.15) is 0 Å². The molecule has 0 atom stereocenters. The van der Waals surface area contributed by atoms with E-state index in [0.717, 1.165) is 34.0 Å². The summed E-state index contributed by atoms with van der Waals surface area (Å²) >= 11 is 0. The van der Waals surface area contributed by atoms with Crippen LogP contribution in [0.25, 0.3) is 77.2 Å². The van der Waals surface area contributed by atoms with Gasteiger partial charge in [-0.3, -0.25) is 0 Å². The second kappa shape index (κ2) is 13.6. The van der Waals surface area contributed by atoms with Crippen LogP contribution in [0.5, 0.6) is 0 Å². The first-order valence-electron chi connectivity index (χ1n) is 19.5. The van der Waals surface area contributed by atoms with Crippen LogP contribution in [0.4, 0.5) is 17.1 Å². The van der Waals surface area contributed by atoms with Gasteiger partial charge < -0.3 is 14.0 Å². The summed E-state index contributed by atoms with van der Waals surface area (Å²) in [6.45, 7) is 0. The van der Waals surface area contributed by atoms with Crippen molar-refractivity contribution in [3.8, 4) is 33.6 Å². The predicted molar refractivity (Wildman–Crippen MR) is 241 cm³/mol. The number of hydrogen-bond donors (Lipinski definition) is 0. The molecule has 0 aliphatic rings. The van der Waals surface area contributed by atoms with Crippen molar-refractivity contribution in [2.24, 2.45) is 0 Å². The zero-order valence-corrected chi connectivity index (χ0v) is 31.2. The van der Waals surface area contributed by atoms with Crippen LogP contribution in [-0.2, 0) is 0 Å². The summed E-state index contributed by atoms with van der Waals surface area (Å²) in [6.07, 6.45) is 0. The molecule has 9 aromatic carbocycles. The second-order valence-corrected chi connectivity index (χ2v) is 14.6. The number of anilines is 3. The van der Waals surface area contributed by atoms with E-state index >= 15 is 0 Å². The Labute approximate surface area is 331 Å². The van der Waals surface area contributed by atoms with Gasteiger partial charge in [-0.1, -0.05) is 146 Å². The van der Waals surface area contributed by atoms with Gasteiger partial charge in [0.2, 0.25) is 0 Å². The van der Waals surface area contributed by atoms with E-state index in [2.05, 4.69) is 238 Å². The first kappa shape index (κ1) is 32.8. The Morgan fingerprint density at radius 3 is 1.32 bits per heavy atom. The first-order chi connectivity index (χ1) is 28.3. The average Bonchev–Trinajstić information content (AvgIpc) is 3.80. The van der Waals surface area contributed by atoms with Gasteiger partial charge in [-0.05, 0) is 101 Å². The number of hydrogen-bond acceptors (Lipinski definition) is 1. The van der Waals surface area contributed by atoms with Gasteiger partial charge >= 0.3 is 0 Å². The summed E-state index contributed by atoms with van der Waals surface area (Å²) < 4.78 is 4.79. The van der Waals surface area contributed by atoms with Crippen LogP contribution in [0, 0.1) is 0 Å². The van der Waals surface area contributed by atoms with E-state index in [1.165, 1.54) is 60.3 Å². The lowest BCUT2D eigenvalue weighted by Gasteiger charge is -2.26. The van der Waals surface area contributed by atoms with E-state index in [-0.39, 0.29) is 0 Å². The van der Waals surface area contributed by atoms with Gasteiger partial charge in [0, 0.05) is 50.0 Å². The molecule has 0 radical (unpaired) electrons. The normalized spacial score (nSPS) is 11.5. The second-order valence-electron chi connectivity index (χ2n) is 14.6. The molecule has 0 saturated heterocycles. The molecule has 11 aromatic rings. The SMILES string of the molecule is c1ccc(-c2ccc(N(c3ccccc3)c3ccc4c5ccccc5n(-c5ccc(-c6cccc(-n7c8ccccc8c8ccccc87)c6)cc5)c4c3)cc2)cc1. The Morgan fingerprint density at radius 2 is 0.684 bits per heavy atom. The maximum Gasteiger partial charge on any atom is 0.0561 e. The van der Waals surface area contributed by atoms with Crippen LogP contribution >= 0.6 is 0 Å². The summed E-state index contributed by atoms with van der Waals surface area (Å²) in [5, 5.41) is 5.00. The highest BCUT2D eigenvalue weighted by Crippen LogP contribution is 2.40. The van der Waals surface area contributed by atoms with E-state index in [1.807, 2.05) is 0 Å². The van der Waals surface area contributed by atoms with Crippen molar-refractivity contribution in [1.82, 2.24) is 9.13 Å². The maximum absolute atomic E-state index is 2.41. The van der Waals surface area contributed by atoms with Crippen LogP contribution in [0.15, 0.2) is 224 Å². The van der Waals surface area contributed by atoms with Crippen LogP contribution in [-0.4, -0.2) is 9.13 Å². The summed E-state index contributed by atoms with van der Waals surface area (Å²) in [5.41, 5.74) is 15.1. The molecule has 57 heavy (non-hydrogen) atoms. The largest absolute Gasteiger partial charge is 0.310 e. The van der Waals surface area contributed by atoms with Gasteiger partial charge in [-0.2, -0.15) is 0 Å². The molecular formula is C54H37N3.